The lowest BCUT2D eigenvalue weighted by Crippen LogP contribution is -2.15. The van der Waals surface area contributed by atoms with Crippen molar-refractivity contribution < 1.29 is 8.83 Å². The average Bonchev–Trinajstić information content (AvgIpc) is 3.97. The third-order valence-corrected chi connectivity index (χ3v) is 12.7. The van der Waals surface area contributed by atoms with Crippen molar-refractivity contribution in [2.45, 2.75) is 19.3 Å². The number of para-hydroxylation sites is 3. The lowest BCUT2D eigenvalue weighted by atomic mass is 9.85. The first-order valence-corrected chi connectivity index (χ1v) is 20.6. The van der Waals surface area contributed by atoms with E-state index in [1.54, 1.807) is 0 Å². The molecule has 0 saturated heterocycles. The van der Waals surface area contributed by atoms with Crippen LogP contribution in [0.4, 0.5) is 0 Å². The third-order valence-electron chi connectivity index (χ3n) is 12.7. The highest BCUT2D eigenvalue weighted by molar-refractivity contribution is 6.15. The quantitative estimate of drug-likeness (QED) is 0.179. The number of fused-ring (bicyclic) bond motifs is 11. The van der Waals surface area contributed by atoms with E-state index in [4.69, 9.17) is 18.8 Å². The Morgan fingerprint density at radius 2 is 1.15 bits per heavy atom. The zero-order valence-corrected chi connectivity index (χ0v) is 32.7. The van der Waals surface area contributed by atoms with Crippen LogP contribution in [0.15, 0.2) is 185 Å². The predicted molar refractivity (Wildman–Crippen MR) is 245 cm³/mol. The minimum Gasteiger partial charge on any atom is -0.456 e. The summed E-state index contributed by atoms with van der Waals surface area (Å²) < 4.78 is 15.7. The van der Waals surface area contributed by atoms with Crippen LogP contribution in [0, 0.1) is 6.92 Å². The molecule has 5 heteroatoms. The molecule has 8 aromatic carbocycles. The van der Waals surface area contributed by atoms with Crippen LogP contribution in [0.25, 0.3) is 105 Å². The topological polar surface area (TPSA) is 57.0 Å². The zero-order chi connectivity index (χ0) is 39.5. The monoisotopic (exact) mass is 769 g/mol. The zero-order valence-electron chi connectivity index (χ0n) is 32.7. The molecular weight excluding hydrogens is 735 g/mol. The molecule has 4 aromatic heterocycles. The maximum Gasteiger partial charge on any atom is 0.160 e. The van der Waals surface area contributed by atoms with Crippen molar-refractivity contribution in [2.75, 3.05) is 0 Å². The van der Waals surface area contributed by atoms with Gasteiger partial charge < -0.3 is 13.4 Å². The molecule has 0 saturated carbocycles. The van der Waals surface area contributed by atoms with E-state index in [-0.39, 0.29) is 5.92 Å². The molecule has 0 radical (unpaired) electrons. The fraction of sp³-hybridized carbons (Fsp3) is 0.0545. The molecule has 0 bridgehead atoms. The lowest BCUT2D eigenvalue weighted by Gasteiger charge is -2.25. The van der Waals surface area contributed by atoms with E-state index in [0.29, 0.717) is 5.82 Å². The molecule has 282 valence electrons. The summed E-state index contributed by atoms with van der Waals surface area (Å²) in [7, 11) is 0. The number of allylic oxidation sites excluding steroid dienone is 1. The first kappa shape index (κ1) is 33.2. The molecule has 0 amide bonds. The maximum absolute atomic E-state index is 6.89. The van der Waals surface area contributed by atoms with E-state index in [2.05, 4.69) is 175 Å². The number of hydrogen-bond donors (Lipinski definition) is 0. The highest BCUT2D eigenvalue weighted by Crippen LogP contribution is 2.46. The Morgan fingerprint density at radius 3 is 1.98 bits per heavy atom. The molecule has 1 atom stereocenters. The molecular formula is C55H35N3O2. The largest absolute Gasteiger partial charge is 0.456 e. The van der Waals surface area contributed by atoms with Gasteiger partial charge in [0.1, 0.15) is 16.7 Å². The van der Waals surface area contributed by atoms with Gasteiger partial charge in [-0.2, -0.15) is 0 Å². The van der Waals surface area contributed by atoms with Crippen molar-refractivity contribution in [3.8, 4) is 22.6 Å². The van der Waals surface area contributed by atoms with E-state index >= 15 is 0 Å². The number of hydrogen-bond acceptors (Lipinski definition) is 4. The third kappa shape index (κ3) is 4.93. The van der Waals surface area contributed by atoms with Gasteiger partial charge in [0.15, 0.2) is 11.6 Å². The second-order valence-corrected chi connectivity index (χ2v) is 16.1. The van der Waals surface area contributed by atoms with Crippen LogP contribution >= 0.6 is 0 Å². The van der Waals surface area contributed by atoms with E-state index < -0.39 is 0 Å². The number of benzene rings is 8. The molecule has 13 rings (SSSR count). The molecule has 1 aliphatic rings. The summed E-state index contributed by atoms with van der Waals surface area (Å²) >= 11 is 0. The first-order chi connectivity index (χ1) is 29.6. The van der Waals surface area contributed by atoms with Crippen molar-refractivity contribution in [1.29, 1.82) is 0 Å². The normalized spacial score (nSPS) is 14.3. The van der Waals surface area contributed by atoms with Crippen LogP contribution in [0.1, 0.15) is 28.5 Å². The second kappa shape index (κ2) is 12.6. The van der Waals surface area contributed by atoms with Crippen LogP contribution in [0.2, 0.25) is 0 Å². The lowest BCUT2D eigenvalue weighted by molar-refractivity contribution is 0.580. The van der Waals surface area contributed by atoms with Crippen molar-refractivity contribution in [1.82, 2.24) is 14.5 Å². The molecule has 0 fully saturated rings. The van der Waals surface area contributed by atoms with Gasteiger partial charge >= 0.3 is 0 Å². The summed E-state index contributed by atoms with van der Waals surface area (Å²) in [5.74, 6) is 1.50. The van der Waals surface area contributed by atoms with Crippen LogP contribution in [-0.4, -0.2) is 14.5 Å². The summed E-state index contributed by atoms with van der Waals surface area (Å²) in [6, 6.07) is 60.2. The molecule has 1 unspecified atom stereocenters. The summed E-state index contributed by atoms with van der Waals surface area (Å²) in [6.07, 6.45) is 3.13. The van der Waals surface area contributed by atoms with Gasteiger partial charge in [0, 0.05) is 49.5 Å². The standard InChI is InChI=1S/C55H35N3O2/c1-32-52(37-24-25-43-41-17-7-10-20-49(41)59-51(43)31-37)56-55(38-23-22-33-12-2-3-13-34(33)26-38)57-53(32)39-28-45-42-18-8-11-21-50(42)60-54(45)48(30-39)58-46-19-9-6-16-40(46)44-27-35-14-4-5-15-36(35)29-47(44)58/h2-27,29-31,39H,28H2,1H3. The molecule has 1 aliphatic carbocycles. The van der Waals surface area contributed by atoms with Gasteiger partial charge in [0.05, 0.1) is 28.1 Å². The first-order valence-electron chi connectivity index (χ1n) is 20.6. The predicted octanol–water partition coefficient (Wildman–Crippen LogP) is 14.4. The molecule has 12 aromatic rings. The van der Waals surface area contributed by atoms with Crippen molar-refractivity contribution >= 4 is 82.0 Å². The highest BCUT2D eigenvalue weighted by Gasteiger charge is 2.32. The van der Waals surface area contributed by atoms with Gasteiger partial charge in [0.25, 0.3) is 0 Å². The van der Waals surface area contributed by atoms with Crippen molar-refractivity contribution in [3.63, 3.8) is 0 Å². The van der Waals surface area contributed by atoms with E-state index in [9.17, 15) is 0 Å². The van der Waals surface area contributed by atoms with E-state index in [1.165, 1.54) is 32.5 Å². The fourth-order valence-electron chi connectivity index (χ4n) is 9.83. The minimum absolute atomic E-state index is 0.0962. The average molecular weight is 770 g/mol. The van der Waals surface area contributed by atoms with Gasteiger partial charge in [0.2, 0.25) is 0 Å². The molecule has 60 heavy (non-hydrogen) atoms. The van der Waals surface area contributed by atoms with Gasteiger partial charge in [-0.3, -0.25) is 0 Å². The Bertz CT molecular complexity index is 3790. The number of furan rings is 2. The van der Waals surface area contributed by atoms with Gasteiger partial charge in [-0.05, 0) is 95.1 Å². The molecule has 4 heterocycles. The van der Waals surface area contributed by atoms with Crippen LogP contribution in [0.5, 0.6) is 0 Å². The smallest absolute Gasteiger partial charge is 0.160 e. The second-order valence-electron chi connectivity index (χ2n) is 16.1. The Hall–Kier alpha value is -7.76. The maximum atomic E-state index is 6.89. The highest BCUT2D eigenvalue weighted by atomic mass is 16.3. The molecule has 0 aliphatic heterocycles. The Labute approximate surface area is 344 Å². The van der Waals surface area contributed by atoms with Crippen LogP contribution < -0.4 is 0 Å². The Kier molecular flexibility index (Phi) is 6.99. The van der Waals surface area contributed by atoms with Crippen LogP contribution in [0.3, 0.4) is 0 Å². The molecule has 0 N–H and O–H groups in total. The summed E-state index contributed by atoms with van der Waals surface area (Å²) in [5, 5.41) is 10.5. The fourth-order valence-corrected chi connectivity index (χ4v) is 9.83. The van der Waals surface area contributed by atoms with E-state index in [0.717, 1.165) is 95.3 Å². The van der Waals surface area contributed by atoms with Gasteiger partial charge in [-0.25, -0.2) is 9.97 Å². The van der Waals surface area contributed by atoms with Gasteiger partial charge in [-0.15, -0.1) is 0 Å². The summed E-state index contributed by atoms with van der Waals surface area (Å²) in [6.45, 7) is 2.18. The summed E-state index contributed by atoms with van der Waals surface area (Å²) in [4.78, 5) is 11.0. The Balaban J connectivity index is 1.08. The number of aromatic nitrogens is 3. The SMILES string of the molecule is Cc1c(-c2ccc3c(c2)oc2ccccc23)nc(-c2ccc3ccccc3c2)nc1C1C=C(n2c3ccccc3c3cc4ccccc4cc32)c2oc3ccccc3c2C1. The number of nitrogens with zero attached hydrogens (tertiary/aromatic N) is 3. The van der Waals surface area contributed by atoms with Crippen molar-refractivity contribution in [2.24, 2.45) is 0 Å². The van der Waals surface area contributed by atoms with E-state index in [1.807, 2.05) is 12.1 Å². The minimum atomic E-state index is -0.0962. The number of rotatable bonds is 4. The molecule has 0 spiro atoms. The summed E-state index contributed by atoms with van der Waals surface area (Å²) in [5.41, 5.74) is 12.0. The van der Waals surface area contributed by atoms with Gasteiger partial charge in [-0.1, -0.05) is 121 Å². The Morgan fingerprint density at radius 1 is 0.500 bits per heavy atom. The molecule has 5 nitrogen and oxygen atoms in total. The van der Waals surface area contributed by atoms with Crippen molar-refractivity contribution in [3.05, 3.63) is 199 Å². The van der Waals surface area contributed by atoms with Crippen LogP contribution in [-0.2, 0) is 6.42 Å².